The number of hydrogen-bond acceptors (Lipinski definition) is 5. The molecular formula is C7H17BO5. The van der Waals surface area contributed by atoms with Crippen molar-refractivity contribution in [1.82, 2.24) is 0 Å². The van der Waals surface area contributed by atoms with Crippen LogP contribution in [0.2, 0.25) is 13.1 Å². The Morgan fingerprint density at radius 2 is 1.46 bits per heavy atom. The minimum absolute atomic E-state index is 0.344. The fraction of sp³-hybridized carbons (Fsp3) is 1.00. The van der Waals surface area contributed by atoms with Crippen molar-refractivity contribution in [3.05, 3.63) is 0 Å². The molecule has 0 aromatic rings. The summed E-state index contributed by atoms with van der Waals surface area (Å²) in [5.41, 5.74) is 0. The summed E-state index contributed by atoms with van der Waals surface area (Å²) in [4.78, 5) is 0. The second-order valence-electron chi connectivity index (χ2n) is 3.09. The lowest BCUT2D eigenvalue weighted by Gasteiger charge is -2.25. The Kier molecular flexibility index (Phi) is 6.27. The van der Waals surface area contributed by atoms with Crippen LogP contribution in [0.25, 0.3) is 0 Å². The molecule has 0 rings (SSSR count). The third kappa shape index (κ3) is 4.06. The molecule has 0 aliphatic rings. The first-order valence-electron chi connectivity index (χ1n) is 4.37. The van der Waals surface area contributed by atoms with E-state index in [2.05, 4.69) is 0 Å². The molecule has 0 aliphatic carbocycles. The van der Waals surface area contributed by atoms with Crippen LogP contribution < -0.4 is 0 Å². The average molecular weight is 192 g/mol. The lowest BCUT2D eigenvalue weighted by atomic mass is 9.74. The first kappa shape index (κ1) is 12.9. The maximum absolute atomic E-state index is 9.25. The Balaban J connectivity index is 3.99. The molecular weight excluding hydrogens is 175 g/mol. The van der Waals surface area contributed by atoms with Crippen molar-refractivity contribution in [2.75, 3.05) is 6.61 Å². The summed E-state index contributed by atoms with van der Waals surface area (Å²) >= 11 is 0. The standard InChI is InChI=1S/C7H17BO5/c1-8-2-4(10)6(12)7(13)5(11)3-9/h4-13H,2-3H2,1H3/t4-,5+,6+,7+/m0/s1. The zero-order valence-electron chi connectivity index (χ0n) is 7.67. The van der Waals surface area contributed by atoms with Gasteiger partial charge in [-0.1, -0.05) is 6.82 Å². The van der Waals surface area contributed by atoms with E-state index in [9.17, 15) is 10.2 Å². The van der Waals surface area contributed by atoms with Crippen LogP contribution >= 0.6 is 0 Å². The molecule has 0 aromatic carbocycles. The normalized spacial score (nSPS) is 20.5. The second kappa shape index (κ2) is 6.34. The van der Waals surface area contributed by atoms with E-state index in [0.29, 0.717) is 13.6 Å². The molecule has 13 heavy (non-hydrogen) atoms. The van der Waals surface area contributed by atoms with Crippen LogP contribution in [0, 0.1) is 0 Å². The number of hydrogen-bond donors (Lipinski definition) is 5. The van der Waals surface area contributed by atoms with Gasteiger partial charge in [0.15, 0.2) is 0 Å². The predicted molar refractivity (Wildman–Crippen MR) is 48.9 cm³/mol. The SMILES string of the molecule is CBC[C@H](O)[C@@H](O)[C@H](O)[C@H](O)CO. The van der Waals surface area contributed by atoms with Crippen LogP contribution in [0.5, 0.6) is 0 Å². The smallest absolute Gasteiger partial charge is 0.120 e. The van der Waals surface area contributed by atoms with E-state index in [1.807, 2.05) is 6.82 Å². The Morgan fingerprint density at radius 1 is 1.00 bits per heavy atom. The minimum Gasteiger partial charge on any atom is -0.394 e. The Labute approximate surface area is 77.9 Å². The van der Waals surface area contributed by atoms with Gasteiger partial charge < -0.3 is 25.5 Å². The minimum atomic E-state index is -1.51. The van der Waals surface area contributed by atoms with Crippen LogP contribution in [0.4, 0.5) is 0 Å². The monoisotopic (exact) mass is 192 g/mol. The fourth-order valence-corrected chi connectivity index (χ4v) is 1.03. The van der Waals surface area contributed by atoms with Gasteiger partial charge in [-0.2, -0.15) is 0 Å². The van der Waals surface area contributed by atoms with Gasteiger partial charge in [-0.05, 0) is 6.32 Å². The molecule has 5 nitrogen and oxygen atoms in total. The van der Waals surface area contributed by atoms with E-state index < -0.39 is 31.0 Å². The van der Waals surface area contributed by atoms with Crippen LogP contribution in [-0.4, -0.2) is 63.8 Å². The molecule has 0 fully saturated rings. The molecule has 0 amide bonds. The highest BCUT2D eigenvalue weighted by Crippen LogP contribution is 2.07. The van der Waals surface area contributed by atoms with Gasteiger partial charge in [-0.15, -0.1) is 0 Å². The second-order valence-corrected chi connectivity index (χ2v) is 3.09. The molecule has 4 atom stereocenters. The highest BCUT2D eigenvalue weighted by molar-refractivity contribution is 6.33. The molecule has 0 saturated carbocycles. The Hall–Kier alpha value is -0.135. The van der Waals surface area contributed by atoms with Crippen molar-refractivity contribution in [3.8, 4) is 0 Å². The maximum atomic E-state index is 9.25. The molecule has 0 spiro atoms. The topological polar surface area (TPSA) is 101 Å². The molecule has 0 heterocycles. The summed E-state index contributed by atoms with van der Waals surface area (Å²) in [5, 5.41) is 45.0. The zero-order valence-corrected chi connectivity index (χ0v) is 7.67. The van der Waals surface area contributed by atoms with Crippen LogP contribution in [0.3, 0.4) is 0 Å². The fourth-order valence-electron chi connectivity index (χ4n) is 1.03. The predicted octanol–water partition coefficient (Wildman–Crippen LogP) is -2.67. The lowest BCUT2D eigenvalue weighted by molar-refractivity contribution is -0.110. The molecule has 0 radical (unpaired) electrons. The molecule has 78 valence electrons. The van der Waals surface area contributed by atoms with Crippen molar-refractivity contribution in [2.24, 2.45) is 0 Å². The highest BCUT2D eigenvalue weighted by Gasteiger charge is 2.29. The third-order valence-corrected chi connectivity index (χ3v) is 1.91. The summed E-state index contributed by atoms with van der Waals surface area (Å²) in [6.45, 7) is 1.18. The van der Waals surface area contributed by atoms with Gasteiger partial charge in [0, 0.05) is 0 Å². The summed E-state index contributed by atoms with van der Waals surface area (Å²) in [6, 6.07) is 0. The molecule has 0 unspecified atom stereocenters. The van der Waals surface area contributed by atoms with Crippen molar-refractivity contribution in [2.45, 2.75) is 37.6 Å². The van der Waals surface area contributed by atoms with Gasteiger partial charge in [-0.25, -0.2) is 0 Å². The highest BCUT2D eigenvalue weighted by atomic mass is 16.4. The summed E-state index contributed by atoms with van der Waals surface area (Å²) < 4.78 is 0. The van der Waals surface area contributed by atoms with Crippen molar-refractivity contribution in [3.63, 3.8) is 0 Å². The Morgan fingerprint density at radius 3 is 1.85 bits per heavy atom. The van der Waals surface area contributed by atoms with Crippen LogP contribution in [-0.2, 0) is 0 Å². The van der Waals surface area contributed by atoms with Crippen LogP contribution in [0.1, 0.15) is 0 Å². The van der Waals surface area contributed by atoms with E-state index in [4.69, 9.17) is 15.3 Å². The van der Waals surface area contributed by atoms with Crippen molar-refractivity contribution < 1.29 is 25.5 Å². The number of aliphatic hydroxyl groups is 5. The van der Waals surface area contributed by atoms with Gasteiger partial charge in [-0.3, -0.25) is 0 Å². The number of rotatable bonds is 6. The average Bonchev–Trinajstić information content (AvgIpc) is 2.14. The van der Waals surface area contributed by atoms with E-state index in [0.717, 1.165) is 0 Å². The maximum Gasteiger partial charge on any atom is 0.120 e. The van der Waals surface area contributed by atoms with E-state index in [1.54, 1.807) is 0 Å². The third-order valence-electron chi connectivity index (χ3n) is 1.91. The molecule has 0 saturated heterocycles. The summed E-state index contributed by atoms with van der Waals surface area (Å²) in [5.74, 6) is 0. The van der Waals surface area contributed by atoms with Gasteiger partial charge in [0.05, 0.1) is 12.7 Å². The molecule has 0 aromatic heterocycles. The zero-order chi connectivity index (χ0) is 10.4. The van der Waals surface area contributed by atoms with Gasteiger partial charge in [0.2, 0.25) is 0 Å². The summed E-state index contributed by atoms with van der Waals surface area (Å²) in [7, 11) is 0.667. The van der Waals surface area contributed by atoms with E-state index >= 15 is 0 Å². The van der Waals surface area contributed by atoms with Crippen molar-refractivity contribution >= 4 is 7.28 Å². The molecule has 0 aliphatic heterocycles. The van der Waals surface area contributed by atoms with E-state index in [-0.39, 0.29) is 0 Å². The summed E-state index contributed by atoms with van der Waals surface area (Å²) in [6.07, 6.45) is -5.06. The number of aliphatic hydroxyl groups excluding tert-OH is 5. The Bertz CT molecular complexity index is 134. The van der Waals surface area contributed by atoms with E-state index in [1.165, 1.54) is 0 Å². The first-order chi connectivity index (χ1) is 6.04. The molecule has 5 N–H and O–H groups in total. The lowest BCUT2D eigenvalue weighted by Crippen LogP contribution is -2.45. The van der Waals surface area contributed by atoms with Gasteiger partial charge >= 0.3 is 0 Å². The molecule has 0 bridgehead atoms. The molecule has 6 heteroatoms. The van der Waals surface area contributed by atoms with Crippen molar-refractivity contribution in [1.29, 1.82) is 0 Å². The van der Waals surface area contributed by atoms with Crippen LogP contribution in [0.15, 0.2) is 0 Å². The van der Waals surface area contributed by atoms with Gasteiger partial charge in [0.1, 0.15) is 25.6 Å². The van der Waals surface area contributed by atoms with Gasteiger partial charge in [0.25, 0.3) is 0 Å². The largest absolute Gasteiger partial charge is 0.394 e. The first-order valence-corrected chi connectivity index (χ1v) is 4.37. The quantitative estimate of drug-likeness (QED) is 0.295.